The molecule has 1 aliphatic carbocycles. The fourth-order valence-electron chi connectivity index (χ4n) is 2.59. The number of nitrogens with two attached hydrogens (primary N) is 1. The Hall–Kier alpha value is -0.450. The van der Waals surface area contributed by atoms with Gasteiger partial charge in [0, 0.05) is 21.5 Å². The zero-order valence-corrected chi connectivity index (χ0v) is 12.4. The van der Waals surface area contributed by atoms with E-state index in [2.05, 4.69) is 34.0 Å². The minimum atomic E-state index is 0.839. The summed E-state index contributed by atoms with van der Waals surface area (Å²) in [5, 5.41) is 3.50. The van der Waals surface area contributed by atoms with E-state index in [0.29, 0.717) is 0 Å². The highest BCUT2D eigenvalue weighted by Crippen LogP contribution is 2.28. The minimum absolute atomic E-state index is 0.839. The van der Waals surface area contributed by atoms with Crippen molar-refractivity contribution >= 4 is 34.0 Å². The zero-order chi connectivity index (χ0) is 12.1. The van der Waals surface area contributed by atoms with Crippen LogP contribution in [0.3, 0.4) is 0 Å². The molecule has 0 saturated heterocycles. The lowest BCUT2D eigenvalue weighted by molar-refractivity contribution is 0.491. The van der Waals surface area contributed by atoms with Gasteiger partial charge in [0.2, 0.25) is 0 Å². The molecule has 1 aromatic carbocycles. The molecule has 2 rings (SSSR count). The average Bonchev–Trinajstić information content (AvgIpc) is 2.79. The Morgan fingerprint density at radius 1 is 1.29 bits per heavy atom. The molecule has 1 aliphatic rings. The molecule has 0 aromatic heterocycles. The lowest BCUT2D eigenvalue weighted by Crippen LogP contribution is -2.05. The molecule has 94 valence electrons. The highest BCUT2D eigenvalue weighted by molar-refractivity contribution is 14.1. The number of hydrogen-bond donors (Lipinski definition) is 2. The van der Waals surface area contributed by atoms with Gasteiger partial charge < -0.3 is 11.1 Å². The molecule has 0 radical (unpaired) electrons. The van der Waals surface area contributed by atoms with E-state index in [1.165, 1.54) is 47.8 Å². The molecule has 3 heteroatoms. The van der Waals surface area contributed by atoms with Crippen molar-refractivity contribution in [1.82, 2.24) is 0 Å². The van der Waals surface area contributed by atoms with Crippen LogP contribution in [0, 0.1) is 9.49 Å². The smallest absolute Gasteiger partial charge is 0.0477 e. The van der Waals surface area contributed by atoms with Gasteiger partial charge in [0.15, 0.2) is 0 Å². The van der Waals surface area contributed by atoms with Gasteiger partial charge in [-0.1, -0.05) is 25.7 Å². The van der Waals surface area contributed by atoms with Crippen LogP contribution in [0.25, 0.3) is 0 Å². The highest BCUT2D eigenvalue weighted by Gasteiger charge is 2.13. The first-order valence-corrected chi connectivity index (χ1v) is 7.62. The molecule has 0 bridgehead atoms. The van der Waals surface area contributed by atoms with Crippen molar-refractivity contribution in [1.29, 1.82) is 0 Å². The van der Waals surface area contributed by atoms with Gasteiger partial charge in [0.05, 0.1) is 0 Å². The van der Waals surface area contributed by atoms with E-state index in [-0.39, 0.29) is 0 Å². The molecule has 0 amide bonds. The fraction of sp³-hybridized carbons (Fsp3) is 0.571. The van der Waals surface area contributed by atoms with Gasteiger partial charge in [-0.3, -0.25) is 0 Å². The maximum Gasteiger partial charge on any atom is 0.0477 e. The highest BCUT2D eigenvalue weighted by atomic mass is 127. The normalized spacial score (nSPS) is 16.3. The Kier molecular flexibility index (Phi) is 4.95. The van der Waals surface area contributed by atoms with Gasteiger partial charge in [-0.25, -0.2) is 0 Å². The summed E-state index contributed by atoms with van der Waals surface area (Å²) in [7, 11) is 0. The summed E-state index contributed by atoms with van der Waals surface area (Å²) < 4.78 is 1.21. The standard InChI is InChI=1S/C14H21IN2/c15-13-10-12(16)7-8-14(13)17-9-3-6-11-4-1-2-5-11/h7-8,10-11,17H,1-6,9,16H2. The van der Waals surface area contributed by atoms with E-state index >= 15 is 0 Å². The molecular formula is C14H21IN2. The molecular weight excluding hydrogens is 323 g/mol. The summed E-state index contributed by atoms with van der Waals surface area (Å²) >= 11 is 2.33. The van der Waals surface area contributed by atoms with Crippen LogP contribution in [0.1, 0.15) is 38.5 Å². The predicted octanol–water partition coefficient (Wildman–Crippen LogP) is 4.26. The zero-order valence-electron chi connectivity index (χ0n) is 10.2. The second-order valence-electron chi connectivity index (χ2n) is 4.96. The molecule has 0 unspecified atom stereocenters. The molecule has 1 aromatic rings. The largest absolute Gasteiger partial charge is 0.399 e. The number of anilines is 2. The maximum absolute atomic E-state index is 5.73. The number of nitrogens with one attached hydrogen (secondary N) is 1. The maximum atomic E-state index is 5.73. The number of rotatable bonds is 5. The number of halogens is 1. The quantitative estimate of drug-likeness (QED) is 0.476. The Morgan fingerprint density at radius 3 is 2.76 bits per heavy atom. The third kappa shape index (κ3) is 4.05. The van der Waals surface area contributed by atoms with Gasteiger partial charge in [0.1, 0.15) is 0 Å². The van der Waals surface area contributed by atoms with Gasteiger partial charge >= 0.3 is 0 Å². The van der Waals surface area contributed by atoms with Crippen LogP contribution in [0.2, 0.25) is 0 Å². The van der Waals surface area contributed by atoms with Crippen molar-refractivity contribution < 1.29 is 0 Å². The van der Waals surface area contributed by atoms with Crippen LogP contribution < -0.4 is 11.1 Å². The van der Waals surface area contributed by atoms with Crippen molar-refractivity contribution in [3.63, 3.8) is 0 Å². The van der Waals surface area contributed by atoms with Gasteiger partial charge in [-0.15, -0.1) is 0 Å². The Balaban J connectivity index is 1.70. The summed E-state index contributed by atoms with van der Waals surface area (Å²) in [6, 6.07) is 6.05. The van der Waals surface area contributed by atoms with Crippen molar-refractivity contribution in [2.45, 2.75) is 38.5 Å². The monoisotopic (exact) mass is 344 g/mol. The number of hydrogen-bond acceptors (Lipinski definition) is 2. The fourth-order valence-corrected chi connectivity index (χ4v) is 3.32. The lowest BCUT2D eigenvalue weighted by atomic mass is 10.0. The van der Waals surface area contributed by atoms with Crippen molar-refractivity contribution in [3.8, 4) is 0 Å². The van der Waals surface area contributed by atoms with Crippen LogP contribution in [-0.4, -0.2) is 6.54 Å². The van der Waals surface area contributed by atoms with Crippen molar-refractivity contribution in [2.24, 2.45) is 5.92 Å². The SMILES string of the molecule is Nc1ccc(NCCCC2CCCC2)c(I)c1. The summed E-state index contributed by atoms with van der Waals surface area (Å²) in [5.74, 6) is 1.00. The molecule has 3 N–H and O–H groups in total. The Bertz CT molecular complexity index is 359. The van der Waals surface area contributed by atoms with E-state index in [4.69, 9.17) is 5.73 Å². The van der Waals surface area contributed by atoms with Gasteiger partial charge in [-0.05, 0) is 59.5 Å². The molecule has 1 saturated carbocycles. The van der Waals surface area contributed by atoms with E-state index in [9.17, 15) is 0 Å². The first-order valence-electron chi connectivity index (χ1n) is 6.54. The van der Waals surface area contributed by atoms with E-state index in [1.54, 1.807) is 0 Å². The van der Waals surface area contributed by atoms with E-state index < -0.39 is 0 Å². The summed E-state index contributed by atoms with van der Waals surface area (Å²) in [6.07, 6.45) is 8.49. The molecule has 0 spiro atoms. The minimum Gasteiger partial charge on any atom is -0.399 e. The summed E-state index contributed by atoms with van der Waals surface area (Å²) in [4.78, 5) is 0. The summed E-state index contributed by atoms with van der Waals surface area (Å²) in [5.41, 5.74) is 7.79. The average molecular weight is 344 g/mol. The second kappa shape index (κ2) is 6.47. The van der Waals surface area contributed by atoms with Gasteiger partial charge in [-0.2, -0.15) is 0 Å². The summed E-state index contributed by atoms with van der Waals surface area (Å²) in [6.45, 7) is 1.08. The molecule has 0 heterocycles. The third-order valence-corrected chi connectivity index (χ3v) is 4.46. The molecule has 2 nitrogen and oxygen atoms in total. The topological polar surface area (TPSA) is 38.0 Å². The first kappa shape index (κ1) is 13.0. The van der Waals surface area contributed by atoms with E-state index in [0.717, 1.165) is 18.2 Å². The Labute approximate surface area is 117 Å². The number of nitrogen functional groups attached to an aromatic ring is 1. The van der Waals surface area contributed by atoms with Crippen LogP contribution in [0.15, 0.2) is 18.2 Å². The van der Waals surface area contributed by atoms with Crippen molar-refractivity contribution in [3.05, 3.63) is 21.8 Å². The van der Waals surface area contributed by atoms with Crippen LogP contribution in [-0.2, 0) is 0 Å². The molecule has 0 atom stereocenters. The molecule has 0 aliphatic heterocycles. The Morgan fingerprint density at radius 2 is 2.06 bits per heavy atom. The molecule has 17 heavy (non-hydrogen) atoms. The third-order valence-electron chi connectivity index (χ3n) is 3.57. The predicted molar refractivity (Wildman–Crippen MR) is 83.3 cm³/mol. The molecule has 1 fully saturated rings. The van der Waals surface area contributed by atoms with Crippen LogP contribution >= 0.6 is 22.6 Å². The number of benzene rings is 1. The van der Waals surface area contributed by atoms with Crippen molar-refractivity contribution in [2.75, 3.05) is 17.6 Å². The first-order chi connectivity index (χ1) is 8.25. The van der Waals surface area contributed by atoms with Gasteiger partial charge in [0.25, 0.3) is 0 Å². The van der Waals surface area contributed by atoms with E-state index in [1.807, 2.05) is 12.1 Å². The lowest BCUT2D eigenvalue weighted by Gasteiger charge is -2.11. The second-order valence-corrected chi connectivity index (χ2v) is 6.12. The van der Waals surface area contributed by atoms with Crippen LogP contribution in [0.5, 0.6) is 0 Å². The van der Waals surface area contributed by atoms with Crippen LogP contribution in [0.4, 0.5) is 11.4 Å².